The maximum absolute atomic E-state index is 14.0. The van der Waals surface area contributed by atoms with Crippen LogP contribution < -0.4 is 10.6 Å². The molecule has 0 radical (unpaired) electrons. The lowest BCUT2D eigenvalue weighted by atomic mass is 9.89. The minimum absolute atomic E-state index is 0.0305. The molecule has 38 heavy (non-hydrogen) atoms. The SMILES string of the molecule is CC[C@@H](C)[C@H](NC(=O)[C@@H]1Cc2c([nH]c3ccccc23)[C@H]2c3ccccc3C(=O)N21)C(=O)NC1CCCCC1. The van der Waals surface area contributed by atoms with Crippen molar-refractivity contribution in [3.05, 3.63) is 70.9 Å². The first-order chi connectivity index (χ1) is 18.5. The average Bonchev–Trinajstić information content (AvgIpc) is 3.46. The Morgan fingerprint density at radius 3 is 2.58 bits per heavy atom. The number of hydrogen-bond donors (Lipinski definition) is 3. The predicted molar refractivity (Wildman–Crippen MR) is 147 cm³/mol. The summed E-state index contributed by atoms with van der Waals surface area (Å²) in [7, 11) is 0. The van der Waals surface area contributed by atoms with Crippen LogP contribution in [0, 0.1) is 5.92 Å². The second-order valence-electron chi connectivity index (χ2n) is 11.2. The van der Waals surface area contributed by atoms with Crippen LogP contribution in [0.15, 0.2) is 48.5 Å². The van der Waals surface area contributed by atoms with Crippen molar-refractivity contribution in [3.63, 3.8) is 0 Å². The van der Waals surface area contributed by atoms with E-state index < -0.39 is 12.1 Å². The Hall–Kier alpha value is -3.61. The number of carbonyl (C=O) groups excluding carboxylic acids is 3. The Bertz CT molecular complexity index is 1390. The number of nitrogens with zero attached hydrogens (tertiary/aromatic N) is 1. The fourth-order valence-corrected chi connectivity index (χ4v) is 6.63. The Morgan fingerprint density at radius 1 is 1.05 bits per heavy atom. The molecule has 3 aliphatic rings. The van der Waals surface area contributed by atoms with Crippen LogP contribution in [0.1, 0.15) is 85.6 Å². The highest BCUT2D eigenvalue weighted by Gasteiger charge is 2.49. The normalized spacial score (nSPS) is 22.4. The quantitative estimate of drug-likeness (QED) is 0.450. The molecule has 1 saturated carbocycles. The van der Waals surface area contributed by atoms with Crippen LogP contribution in [-0.4, -0.2) is 45.7 Å². The van der Waals surface area contributed by atoms with E-state index >= 15 is 0 Å². The number of amides is 3. The van der Waals surface area contributed by atoms with Crippen molar-refractivity contribution in [1.29, 1.82) is 0 Å². The van der Waals surface area contributed by atoms with Crippen LogP contribution in [0.25, 0.3) is 10.9 Å². The third-order valence-electron chi connectivity index (χ3n) is 8.90. The van der Waals surface area contributed by atoms with Gasteiger partial charge < -0.3 is 20.5 Å². The zero-order valence-electron chi connectivity index (χ0n) is 22.1. The van der Waals surface area contributed by atoms with Crippen molar-refractivity contribution in [2.24, 2.45) is 5.92 Å². The summed E-state index contributed by atoms with van der Waals surface area (Å²) >= 11 is 0. The summed E-state index contributed by atoms with van der Waals surface area (Å²) < 4.78 is 0. The van der Waals surface area contributed by atoms with Crippen molar-refractivity contribution >= 4 is 28.6 Å². The summed E-state index contributed by atoms with van der Waals surface area (Å²) in [4.78, 5) is 46.4. The summed E-state index contributed by atoms with van der Waals surface area (Å²) in [5.74, 6) is -0.550. The van der Waals surface area contributed by atoms with Crippen molar-refractivity contribution in [2.45, 2.75) is 83.0 Å². The first-order valence-electron chi connectivity index (χ1n) is 14.1. The average molecular weight is 513 g/mol. The lowest BCUT2D eigenvalue weighted by Crippen LogP contribution is -2.58. The van der Waals surface area contributed by atoms with Gasteiger partial charge in [0.25, 0.3) is 5.91 Å². The van der Waals surface area contributed by atoms with Gasteiger partial charge in [-0.3, -0.25) is 14.4 Å². The topological polar surface area (TPSA) is 94.3 Å². The summed E-state index contributed by atoms with van der Waals surface area (Å²) in [5.41, 5.74) is 4.59. The van der Waals surface area contributed by atoms with E-state index in [-0.39, 0.29) is 35.7 Å². The van der Waals surface area contributed by atoms with E-state index in [0.717, 1.165) is 59.8 Å². The largest absolute Gasteiger partial charge is 0.356 e. The first-order valence-corrected chi connectivity index (χ1v) is 14.1. The van der Waals surface area contributed by atoms with Crippen LogP contribution in [0.4, 0.5) is 0 Å². The van der Waals surface area contributed by atoms with Crippen molar-refractivity contribution in [2.75, 3.05) is 0 Å². The number of para-hydroxylation sites is 1. The molecule has 1 aliphatic carbocycles. The molecule has 3 amide bonds. The van der Waals surface area contributed by atoms with Crippen LogP contribution >= 0.6 is 0 Å². The predicted octanol–water partition coefficient (Wildman–Crippen LogP) is 4.62. The zero-order valence-corrected chi connectivity index (χ0v) is 22.1. The van der Waals surface area contributed by atoms with E-state index in [2.05, 4.69) is 21.7 Å². The molecule has 4 atom stereocenters. The number of aromatic amines is 1. The van der Waals surface area contributed by atoms with Gasteiger partial charge in [-0.25, -0.2) is 0 Å². The van der Waals surface area contributed by atoms with Crippen LogP contribution in [0.3, 0.4) is 0 Å². The minimum atomic E-state index is -0.708. The number of H-pyrrole nitrogens is 1. The zero-order chi connectivity index (χ0) is 26.4. The summed E-state index contributed by atoms with van der Waals surface area (Å²) in [6.45, 7) is 4.04. The molecule has 1 aromatic heterocycles. The van der Waals surface area contributed by atoms with E-state index in [4.69, 9.17) is 0 Å². The number of carbonyl (C=O) groups is 3. The van der Waals surface area contributed by atoms with E-state index in [1.807, 2.05) is 56.3 Å². The molecule has 0 bridgehead atoms. The van der Waals surface area contributed by atoms with Gasteiger partial charge in [-0.2, -0.15) is 0 Å². The smallest absolute Gasteiger partial charge is 0.255 e. The van der Waals surface area contributed by atoms with Gasteiger partial charge in [-0.1, -0.05) is 75.9 Å². The molecule has 7 nitrogen and oxygen atoms in total. The highest BCUT2D eigenvalue weighted by Crippen LogP contribution is 2.46. The Kier molecular flexibility index (Phi) is 6.46. The number of nitrogens with one attached hydrogen (secondary N) is 3. The van der Waals surface area contributed by atoms with Crippen LogP contribution in [0.2, 0.25) is 0 Å². The molecule has 198 valence electrons. The van der Waals surface area contributed by atoms with E-state index in [1.165, 1.54) is 6.42 Å². The lowest BCUT2D eigenvalue weighted by molar-refractivity contribution is -0.133. The lowest BCUT2D eigenvalue weighted by Gasteiger charge is -2.38. The van der Waals surface area contributed by atoms with Gasteiger partial charge in [0, 0.05) is 34.6 Å². The number of fused-ring (bicyclic) bond motifs is 7. The molecular weight excluding hydrogens is 476 g/mol. The fourth-order valence-electron chi connectivity index (χ4n) is 6.63. The molecule has 6 rings (SSSR count). The maximum Gasteiger partial charge on any atom is 0.255 e. The molecule has 7 heteroatoms. The minimum Gasteiger partial charge on any atom is -0.356 e. The van der Waals surface area contributed by atoms with Crippen molar-refractivity contribution in [1.82, 2.24) is 20.5 Å². The van der Waals surface area contributed by atoms with Gasteiger partial charge in [-0.15, -0.1) is 0 Å². The number of hydrogen-bond acceptors (Lipinski definition) is 3. The van der Waals surface area contributed by atoms with Gasteiger partial charge in [0.15, 0.2) is 0 Å². The van der Waals surface area contributed by atoms with E-state index in [1.54, 1.807) is 4.90 Å². The monoisotopic (exact) mass is 512 g/mol. The first kappa shape index (κ1) is 24.7. The fraction of sp³-hybridized carbons (Fsp3) is 0.452. The van der Waals surface area contributed by atoms with Gasteiger partial charge >= 0.3 is 0 Å². The molecule has 2 aromatic carbocycles. The second kappa shape index (κ2) is 9.93. The van der Waals surface area contributed by atoms with E-state index in [0.29, 0.717) is 12.0 Å². The molecule has 3 heterocycles. The van der Waals surface area contributed by atoms with E-state index in [9.17, 15) is 14.4 Å². The third-order valence-corrected chi connectivity index (χ3v) is 8.90. The Balaban J connectivity index is 1.34. The molecule has 3 aromatic rings. The molecule has 0 unspecified atom stereocenters. The van der Waals surface area contributed by atoms with Crippen molar-refractivity contribution < 1.29 is 14.4 Å². The Morgan fingerprint density at radius 2 is 1.79 bits per heavy atom. The Labute approximate surface area is 223 Å². The van der Waals surface area contributed by atoms with Gasteiger partial charge in [0.05, 0.1) is 6.04 Å². The highest BCUT2D eigenvalue weighted by atomic mass is 16.2. The summed E-state index contributed by atoms with van der Waals surface area (Å²) in [6, 6.07) is 14.2. The standard InChI is InChI=1S/C31H36N4O3/c1-3-18(2)26(30(37)32-19-11-5-4-6-12-19)34-29(36)25-17-23-20-13-9-10-16-24(20)33-27(23)28-21-14-7-8-15-22(21)31(38)35(25)28/h7-10,13-16,18-19,25-26,28,33H,3-6,11-12,17H2,1-2H3,(H,32,37)(H,34,36)/t18-,25+,26+,28-/m1/s1. The van der Waals surface area contributed by atoms with Crippen LogP contribution in [0.5, 0.6) is 0 Å². The third kappa shape index (κ3) is 4.08. The van der Waals surface area contributed by atoms with Gasteiger partial charge in [0.1, 0.15) is 12.1 Å². The molecular formula is C31H36N4O3. The molecule has 0 saturated heterocycles. The second-order valence-corrected chi connectivity index (χ2v) is 11.2. The summed E-state index contributed by atoms with van der Waals surface area (Å²) in [5, 5.41) is 7.39. The molecule has 2 aliphatic heterocycles. The molecule has 0 spiro atoms. The van der Waals surface area contributed by atoms with Crippen LogP contribution in [-0.2, 0) is 16.0 Å². The number of benzene rings is 2. The maximum atomic E-state index is 14.0. The highest BCUT2D eigenvalue weighted by molar-refractivity contribution is 6.04. The molecule has 1 fully saturated rings. The van der Waals surface area contributed by atoms with Crippen molar-refractivity contribution in [3.8, 4) is 0 Å². The molecule has 3 N–H and O–H groups in total. The summed E-state index contributed by atoms with van der Waals surface area (Å²) in [6.07, 6.45) is 6.60. The number of aromatic nitrogens is 1. The number of rotatable bonds is 6. The van der Waals surface area contributed by atoms with Gasteiger partial charge in [-0.05, 0) is 42.0 Å². The van der Waals surface area contributed by atoms with Gasteiger partial charge in [0.2, 0.25) is 11.8 Å².